The van der Waals surface area contributed by atoms with E-state index in [2.05, 4.69) is 0 Å². The molecule has 0 bridgehead atoms. The first kappa shape index (κ1) is 7.50. The first-order valence-corrected chi connectivity index (χ1v) is 3.96. The van der Waals surface area contributed by atoms with Gasteiger partial charge in [0.05, 0.1) is 5.52 Å². The Labute approximate surface area is 75.5 Å². The van der Waals surface area contributed by atoms with Gasteiger partial charge < -0.3 is 8.86 Å². The Morgan fingerprint density at radius 3 is 2.92 bits per heavy atom. The van der Waals surface area contributed by atoms with Crippen molar-refractivity contribution in [1.29, 1.82) is 0 Å². The minimum Gasteiger partial charge on any atom is -0.383 e. The summed E-state index contributed by atoms with van der Waals surface area (Å²) in [6.45, 7) is 0. The van der Waals surface area contributed by atoms with Crippen LogP contribution < -0.4 is 4.29 Å². The first-order chi connectivity index (χ1) is 5.83. The molecule has 1 aromatic carbocycles. The number of para-hydroxylation sites is 1. The fraction of sp³-hybridized carbons (Fsp3) is 0.111. The van der Waals surface area contributed by atoms with Crippen LogP contribution in [0.4, 0.5) is 0 Å². The number of aryl methyl sites for hydroxylation is 1. The third-order valence-electron chi connectivity index (χ3n) is 1.94. The number of hydrogen-bond donors (Lipinski definition) is 0. The molecule has 2 aromatic rings. The molecule has 0 aliphatic carbocycles. The van der Waals surface area contributed by atoms with Gasteiger partial charge in [0.25, 0.3) is 0 Å². The predicted molar refractivity (Wildman–Crippen MR) is 49.4 cm³/mol. The topological polar surface area (TPSA) is 14.2 Å². The van der Waals surface area contributed by atoms with E-state index in [1.165, 1.54) is 0 Å². The molecule has 2 rings (SSSR count). The smallest absolute Gasteiger partial charge is 0.170 e. The van der Waals surface area contributed by atoms with E-state index in [0.717, 1.165) is 10.9 Å². The van der Waals surface area contributed by atoms with Gasteiger partial charge in [-0.3, -0.25) is 0 Å². The number of halogens is 1. The lowest BCUT2D eigenvalue weighted by Crippen LogP contribution is -1.86. The van der Waals surface area contributed by atoms with Gasteiger partial charge in [-0.25, -0.2) is 0 Å². The molecule has 0 N–H and O–H groups in total. The van der Waals surface area contributed by atoms with E-state index >= 15 is 0 Å². The van der Waals surface area contributed by atoms with E-state index in [1.54, 1.807) is 0 Å². The molecule has 0 aliphatic heterocycles. The fourth-order valence-corrected chi connectivity index (χ4v) is 1.50. The first-order valence-electron chi connectivity index (χ1n) is 3.65. The van der Waals surface area contributed by atoms with Crippen LogP contribution in [0, 0.1) is 0 Å². The van der Waals surface area contributed by atoms with Crippen LogP contribution in [0.25, 0.3) is 10.9 Å². The van der Waals surface area contributed by atoms with Crippen molar-refractivity contribution in [2.24, 2.45) is 7.05 Å². The van der Waals surface area contributed by atoms with Crippen molar-refractivity contribution in [2.75, 3.05) is 0 Å². The van der Waals surface area contributed by atoms with E-state index in [4.69, 9.17) is 16.2 Å². The monoisotopic (exact) mass is 181 g/mol. The van der Waals surface area contributed by atoms with Crippen LogP contribution in [-0.2, 0) is 7.05 Å². The second-order valence-electron chi connectivity index (χ2n) is 2.70. The third kappa shape index (κ3) is 0.959. The molecule has 0 atom stereocenters. The van der Waals surface area contributed by atoms with Crippen LogP contribution in [0.1, 0.15) is 0 Å². The molecule has 12 heavy (non-hydrogen) atoms. The molecule has 0 saturated carbocycles. The second kappa shape index (κ2) is 2.72. The van der Waals surface area contributed by atoms with E-state index in [9.17, 15) is 0 Å². The summed E-state index contributed by atoms with van der Waals surface area (Å²) in [4.78, 5) is 0. The van der Waals surface area contributed by atoms with Gasteiger partial charge in [0.1, 0.15) is 11.9 Å². The van der Waals surface area contributed by atoms with Crippen LogP contribution in [0.15, 0.2) is 30.5 Å². The van der Waals surface area contributed by atoms with Gasteiger partial charge >= 0.3 is 0 Å². The fourth-order valence-electron chi connectivity index (χ4n) is 1.38. The standard InChI is InChI=1S/C9H8ClNO/c1-11-6-5-7-3-2-4-8(12-10)9(7)11/h2-6H,1H3. The zero-order valence-electron chi connectivity index (χ0n) is 6.62. The van der Waals surface area contributed by atoms with E-state index in [0.29, 0.717) is 5.75 Å². The highest BCUT2D eigenvalue weighted by molar-refractivity contribution is 6.10. The molecule has 0 unspecified atom stereocenters. The number of aromatic nitrogens is 1. The zero-order chi connectivity index (χ0) is 8.55. The summed E-state index contributed by atoms with van der Waals surface area (Å²) in [5.41, 5.74) is 1.02. The number of nitrogens with zero attached hydrogens (tertiary/aromatic N) is 1. The lowest BCUT2D eigenvalue weighted by Gasteiger charge is -2.00. The Hall–Kier alpha value is -1.15. The number of benzene rings is 1. The molecule has 1 heterocycles. The highest BCUT2D eigenvalue weighted by atomic mass is 35.5. The van der Waals surface area contributed by atoms with Crippen LogP contribution in [0.5, 0.6) is 5.75 Å². The number of hydrogen-bond acceptors (Lipinski definition) is 1. The lowest BCUT2D eigenvalue weighted by atomic mass is 10.2. The summed E-state index contributed by atoms with van der Waals surface area (Å²) in [5, 5.41) is 1.13. The van der Waals surface area contributed by atoms with Gasteiger partial charge in [-0.1, -0.05) is 12.1 Å². The van der Waals surface area contributed by atoms with Crippen LogP contribution in [-0.4, -0.2) is 4.57 Å². The summed E-state index contributed by atoms with van der Waals surface area (Å²) < 4.78 is 6.70. The summed E-state index contributed by atoms with van der Waals surface area (Å²) in [7, 11) is 1.96. The Balaban J connectivity index is 2.84. The molecule has 0 saturated heterocycles. The SMILES string of the molecule is Cn1ccc2cccc(OCl)c21. The Morgan fingerprint density at radius 2 is 2.17 bits per heavy atom. The highest BCUT2D eigenvalue weighted by Crippen LogP contribution is 2.26. The van der Waals surface area contributed by atoms with E-state index in [1.807, 2.05) is 42.1 Å². The molecule has 1 aromatic heterocycles. The van der Waals surface area contributed by atoms with E-state index in [-0.39, 0.29) is 0 Å². The molecule has 2 nitrogen and oxygen atoms in total. The maximum Gasteiger partial charge on any atom is 0.170 e. The van der Waals surface area contributed by atoms with Crippen molar-refractivity contribution < 1.29 is 4.29 Å². The molecular weight excluding hydrogens is 174 g/mol. The van der Waals surface area contributed by atoms with Crippen LogP contribution in [0.2, 0.25) is 0 Å². The average molecular weight is 182 g/mol. The Kier molecular flexibility index (Phi) is 1.70. The Morgan fingerprint density at radius 1 is 1.33 bits per heavy atom. The summed E-state index contributed by atoms with van der Waals surface area (Å²) >= 11 is 5.32. The minimum atomic E-state index is 0.696. The third-order valence-corrected chi connectivity index (χ3v) is 2.11. The number of fused-ring (bicyclic) bond motifs is 1. The van der Waals surface area contributed by atoms with Crippen molar-refractivity contribution in [3.05, 3.63) is 30.5 Å². The van der Waals surface area contributed by atoms with Crippen molar-refractivity contribution in [2.45, 2.75) is 0 Å². The van der Waals surface area contributed by atoms with Crippen LogP contribution in [0.3, 0.4) is 0 Å². The van der Waals surface area contributed by atoms with Gasteiger partial charge in [0, 0.05) is 18.6 Å². The lowest BCUT2D eigenvalue weighted by molar-refractivity contribution is 0.622. The summed E-state index contributed by atoms with van der Waals surface area (Å²) in [5.74, 6) is 0.696. The van der Waals surface area contributed by atoms with E-state index < -0.39 is 0 Å². The van der Waals surface area contributed by atoms with Gasteiger partial charge in [-0.15, -0.1) is 0 Å². The predicted octanol–water partition coefficient (Wildman–Crippen LogP) is 2.71. The molecule has 62 valence electrons. The minimum absolute atomic E-state index is 0.696. The van der Waals surface area contributed by atoms with Crippen molar-refractivity contribution >= 4 is 22.8 Å². The molecule has 0 spiro atoms. The van der Waals surface area contributed by atoms with Crippen LogP contribution >= 0.6 is 11.9 Å². The van der Waals surface area contributed by atoms with Gasteiger partial charge in [-0.05, 0) is 12.1 Å². The molecule has 3 heteroatoms. The maximum absolute atomic E-state index is 5.32. The van der Waals surface area contributed by atoms with Gasteiger partial charge in [-0.2, -0.15) is 0 Å². The van der Waals surface area contributed by atoms with Crippen molar-refractivity contribution in [3.63, 3.8) is 0 Å². The van der Waals surface area contributed by atoms with Gasteiger partial charge in [0.2, 0.25) is 0 Å². The van der Waals surface area contributed by atoms with Crippen molar-refractivity contribution in [3.8, 4) is 5.75 Å². The largest absolute Gasteiger partial charge is 0.383 e. The zero-order valence-corrected chi connectivity index (χ0v) is 7.38. The summed E-state index contributed by atoms with van der Waals surface area (Å²) in [6.07, 6.45) is 1.98. The summed E-state index contributed by atoms with van der Waals surface area (Å²) in [6, 6.07) is 7.80. The highest BCUT2D eigenvalue weighted by Gasteiger charge is 2.03. The second-order valence-corrected chi connectivity index (χ2v) is 2.85. The Bertz CT molecular complexity index is 408. The van der Waals surface area contributed by atoms with Gasteiger partial charge in [0.15, 0.2) is 5.75 Å². The molecule has 0 amide bonds. The molecule has 0 aliphatic rings. The normalized spacial score (nSPS) is 10.5. The molecule has 0 radical (unpaired) electrons. The molecular formula is C9H8ClNO. The quantitative estimate of drug-likeness (QED) is 0.660. The molecule has 0 fully saturated rings. The maximum atomic E-state index is 5.32. The average Bonchev–Trinajstić information content (AvgIpc) is 2.48. The number of rotatable bonds is 1. The van der Waals surface area contributed by atoms with Crippen molar-refractivity contribution in [1.82, 2.24) is 4.57 Å².